The lowest BCUT2D eigenvalue weighted by Crippen LogP contribution is -2.30. The minimum atomic E-state index is 0. The van der Waals surface area contributed by atoms with Crippen LogP contribution in [0, 0.1) is 13.8 Å². The van der Waals surface area contributed by atoms with Gasteiger partial charge in [0.2, 0.25) is 5.95 Å². The van der Waals surface area contributed by atoms with Crippen molar-refractivity contribution in [2.24, 2.45) is 0 Å². The summed E-state index contributed by atoms with van der Waals surface area (Å²) in [7, 11) is 1.67. The number of ether oxygens (including phenoxy) is 1. The Morgan fingerprint density at radius 2 is 1.82 bits per heavy atom. The van der Waals surface area contributed by atoms with Gasteiger partial charge in [0.25, 0.3) is 0 Å². The number of aryl methyl sites for hydroxylation is 2. The van der Waals surface area contributed by atoms with Crippen molar-refractivity contribution in [2.75, 3.05) is 18.6 Å². The molecular formula is C27H36Cl2N4O. The molecule has 3 aromatic rings. The molecule has 2 aromatic carbocycles. The van der Waals surface area contributed by atoms with Crippen LogP contribution in [-0.4, -0.2) is 28.4 Å². The zero-order valence-electron chi connectivity index (χ0n) is 20.8. The van der Waals surface area contributed by atoms with Crippen LogP contribution >= 0.6 is 24.0 Å². The Kier molecular flexibility index (Phi) is 8.89. The van der Waals surface area contributed by atoms with Crippen molar-refractivity contribution in [3.05, 3.63) is 63.9 Å². The van der Waals surface area contributed by atoms with E-state index in [9.17, 15) is 0 Å². The summed E-state index contributed by atoms with van der Waals surface area (Å²) in [6.45, 7) is 9.53. The highest BCUT2D eigenvalue weighted by atomic mass is 35.5. The van der Waals surface area contributed by atoms with E-state index in [4.69, 9.17) is 26.4 Å². The smallest absolute Gasteiger partial charge is 0.245 e. The maximum absolute atomic E-state index is 6.70. The van der Waals surface area contributed by atoms with E-state index in [1.54, 1.807) is 7.11 Å². The highest BCUT2D eigenvalue weighted by molar-refractivity contribution is 6.32. The maximum Gasteiger partial charge on any atom is 0.245 e. The van der Waals surface area contributed by atoms with Crippen LogP contribution in [-0.2, 0) is 0 Å². The van der Waals surface area contributed by atoms with Gasteiger partial charge in [0.15, 0.2) is 0 Å². The fraction of sp³-hybridized carbons (Fsp3) is 0.481. The van der Waals surface area contributed by atoms with Gasteiger partial charge < -0.3 is 9.64 Å². The molecule has 1 unspecified atom stereocenters. The van der Waals surface area contributed by atoms with Crippen molar-refractivity contribution in [2.45, 2.75) is 71.8 Å². The summed E-state index contributed by atoms with van der Waals surface area (Å²) >= 11 is 6.70. The van der Waals surface area contributed by atoms with Crippen molar-refractivity contribution in [1.29, 1.82) is 0 Å². The number of anilines is 1. The molecule has 5 nitrogen and oxygen atoms in total. The molecule has 1 aliphatic rings. The van der Waals surface area contributed by atoms with Crippen molar-refractivity contribution < 1.29 is 4.74 Å². The predicted molar refractivity (Wildman–Crippen MR) is 143 cm³/mol. The molecule has 4 rings (SSSR count). The molecule has 0 N–H and O–H groups in total. The summed E-state index contributed by atoms with van der Waals surface area (Å²) in [6, 6.07) is 13.1. The molecule has 7 heteroatoms. The molecule has 0 spiro atoms. The van der Waals surface area contributed by atoms with E-state index in [1.165, 1.54) is 11.1 Å². The fourth-order valence-corrected chi connectivity index (χ4v) is 4.68. The van der Waals surface area contributed by atoms with Crippen LogP contribution in [0.4, 0.5) is 5.95 Å². The number of aromatic nitrogens is 3. The zero-order valence-corrected chi connectivity index (χ0v) is 22.4. The predicted octanol–water partition coefficient (Wildman–Crippen LogP) is 7.60. The standard InChI is InChI=1S/C27H35ClN4O.ClH/c1-6-8-23(20-11-9-18(3)10-12-20)31(15-7-2)27-29-26(21-13-14-21)32(30-27)24-16-19(4)25(33-5)17-22(24)28;/h9-12,16-17,21,23H,6-8,13-15H2,1-5H3;1H. The number of halogens is 2. The van der Waals surface area contributed by atoms with E-state index in [1.807, 2.05) is 17.7 Å². The summed E-state index contributed by atoms with van der Waals surface area (Å²) in [5.41, 5.74) is 4.50. The normalized spacial score (nSPS) is 13.9. The van der Waals surface area contributed by atoms with Crippen LogP contribution < -0.4 is 9.64 Å². The second kappa shape index (κ2) is 11.5. The Hall–Kier alpha value is -2.24. The van der Waals surface area contributed by atoms with E-state index in [0.29, 0.717) is 10.9 Å². The molecule has 1 fully saturated rings. The first-order valence-electron chi connectivity index (χ1n) is 12.1. The number of hydrogen-bond donors (Lipinski definition) is 0. The van der Waals surface area contributed by atoms with E-state index in [-0.39, 0.29) is 18.4 Å². The van der Waals surface area contributed by atoms with Crippen LogP contribution in [0.5, 0.6) is 5.75 Å². The van der Waals surface area contributed by atoms with Crippen LogP contribution in [0.2, 0.25) is 5.02 Å². The van der Waals surface area contributed by atoms with Gasteiger partial charge in [0.05, 0.1) is 23.9 Å². The molecule has 0 radical (unpaired) electrons. The minimum Gasteiger partial charge on any atom is -0.496 e. The quantitative estimate of drug-likeness (QED) is 0.286. The second-order valence-electron chi connectivity index (χ2n) is 9.14. The average Bonchev–Trinajstić information content (AvgIpc) is 3.57. The first kappa shape index (κ1) is 26.4. The Balaban J connectivity index is 0.00000324. The topological polar surface area (TPSA) is 43.2 Å². The molecule has 0 bridgehead atoms. The lowest BCUT2D eigenvalue weighted by atomic mass is 9.99. The summed E-state index contributed by atoms with van der Waals surface area (Å²) in [5, 5.41) is 5.70. The van der Waals surface area contributed by atoms with Gasteiger partial charge in [0, 0.05) is 18.5 Å². The molecule has 1 aliphatic carbocycles. The fourth-order valence-electron chi connectivity index (χ4n) is 4.45. The Morgan fingerprint density at radius 1 is 1.12 bits per heavy atom. The highest BCUT2D eigenvalue weighted by Crippen LogP contribution is 2.42. The van der Waals surface area contributed by atoms with Crippen molar-refractivity contribution in [3.63, 3.8) is 0 Å². The van der Waals surface area contributed by atoms with Crippen molar-refractivity contribution >= 4 is 30.0 Å². The average molecular weight is 504 g/mol. The van der Waals surface area contributed by atoms with Gasteiger partial charge >= 0.3 is 0 Å². The van der Waals surface area contributed by atoms with Gasteiger partial charge in [-0.2, -0.15) is 4.98 Å². The van der Waals surface area contributed by atoms with E-state index < -0.39 is 0 Å². The molecule has 0 saturated heterocycles. The van der Waals surface area contributed by atoms with E-state index in [0.717, 1.165) is 67.4 Å². The van der Waals surface area contributed by atoms with Gasteiger partial charge in [-0.05, 0) is 56.7 Å². The Bertz CT molecular complexity index is 1090. The van der Waals surface area contributed by atoms with Crippen molar-refractivity contribution in [3.8, 4) is 11.4 Å². The van der Waals surface area contributed by atoms with E-state index in [2.05, 4.69) is 56.0 Å². The molecule has 184 valence electrons. The number of benzene rings is 2. The molecule has 0 amide bonds. The number of methoxy groups -OCH3 is 1. The Labute approximate surface area is 214 Å². The molecular weight excluding hydrogens is 467 g/mol. The van der Waals surface area contributed by atoms with Gasteiger partial charge in [-0.1, -0.05) is 61.7 Å². The molecule has 0 aliphatic heterocycles. The lowest BCUT2D eigenvalue weighted by molar-refractivity contribution is 0.411. The van der Waals surface area contributed by atoms with Crippen LogP contribution in [0.25, 0.3) is 5.69 Å². The Morgan fingerprint density at radius 3 is 2.41 bits per heavy atom. The highest BCUT2D eigenvalue weighted by Gasteiger charge is 2.33. The van der Waals surface area contributed by atoms with Crippen LogP contribution in [0.1, 0.15) is 80.4 Å². The first-order chi connectivity index (χ1) is 16.0. The largest absolute Gasteiger partial charge is 0.496 e. The first-order valence-corrected chi connectivity index (χ1v) is 12.5. The second-order valence-corrected chi connectivity index (χ2v) is 9.55. The molecule has 34 heavy (non-hydrogen) atoms. The number of nitrogens with zero attached hydrogens (tertiary/aromatic N) is 4. The minimum absolute atomic E-state index is 0. The molecule has 1 atom stereocenters. The summed E-state index contributed by atoms with van der Waals surface area (Å²) in [6.07, 6.45) is 5.48. The van der Waals surface area contributed by atoms with Gasteiger partial charge in [-0.25, -0.2) is 4.68 Å². The third-order valence-corrected chi connectivity index (χ3v) is 6.68. The van der Waals surface area contributed by atoms with Gasteiger partial charge in [0.1, 0.15) is 11.6 Å². The summed E-state index contributed by atoms with van der Waals surface area (Å²) in [4.78, 5) is 7.50. The number of hydrogen-bond acceptors (Lipinski definition) is 4. The van der Waals surface area contributed by atoms with Crippen LogP contribution in [0.15, 0.2) is 36.4 Å². The van der Waals surface area contributed by atoms with E-state index >= 15 is 0 Å². The monoisotopic (exact) mass is 502 g/mol. The molecule has 1 saturated carbocycles. The SMILES string of the molecule is CCCC(c1ccc(C)cc1)N(CCC)c1nc(C2CC2)n(-c2cc(C)c(OC)cc2Cl)n1.Cl. The van der Waals surface area contributed by atoms with Gasteiger partial charge in [-0.3, -0.25) is 0 Å². The summed E-state index contributed by atoms with van der Waals surface area (Å²) in [5.74, 6) is 3.03. The zero-order chi connectivity index (χ0) is 23.5. The third-order valence-electron chi connectivity index (χ3n) is 6.38. The number of rotatable bonds is 10. The van der Waals surface area contributed by atoms with Crippen LogP contribution in [0.3, 0.4) is 0 Å². The molecule has 1 aromatic heterocycles. The van der Waals surface area contributed by atoms with Crippen molar-refractivity contribution in [1.82, 2.24) is 14.8 Å². The third kappa shape index (κ3) is 5.52. The molecule has 1 heterocycles. The van der Waals surface area contributed by atoms with Gasteiger partial charge in [-0.15, -0.1) is 17.5 Å². The maximum atomic E-state index is 6.70. The lowest BCUT2D eigenvalue weighted by Gasteiger charge is -2.31. The summed E-state index contributed by atoms with van der Waals surface area (Å²) < 4.78 is 7.43.